The van der Waals surface area contributed by atoms with E-state index in [0.717, 1.165) is 18.0 Å². The van der Waals surface area contributed by atoms with Crippen molar-refractivity contribution in [2.24, 2.45) is 0 Å². The molecule has 0 unspecified atom stereocenters. The Balaban J connectivity index is 1.68. The fourth-order valence-corrected chi connectivity index (χ4v) is 4.49. The Kier molecular flexibility index (Phi) is 5.12. The molecule has 2 aliphatic heterocycles. The highest BCUT2D eigenvalue weighted by atomic mass is 32.2. The van der Waals surface area contributed by atoms with E-state index in [1.165, 1.54) is 17.0 Å². The molecule has 2 aliphatic rings. The van der Waals surface area contributed by atoms with E-state index in [4.69, 9.17) is 4.74 Å². The molecule has 1 N–H and O–H groups in total. The number of imide groups is 1. The molecule has 0 atom stereocenters. The van der Waals surface area contributed by atoms with Gasteiger partial charge >= 0.3 is 0 Å². The lowest BCUT2D eigenvalue weighted by atomic mass is 10.1. The van der Waals surface area contributed by atoms with Gasteiger partial charge in [-0.2, -0.15) is 0 Å². The number of anilines is 1. The number of benzene rings is 2. The zero-order valence-corrected chi connectivity index (χ0v) is 17.4. The van der Waals surface area contributed by atoms with Crippen molar-refractivity contribution in [2.45, 2.75) is 11.4 Å². The van der Waals surface area contributed by atoms with Crippen molar-refractivity contribution in [3.63, 3.8) is 0 Å². The molecule has 2 aromatic carbocycles. The molecule has 154 valence electrons. The van der Waals surface area contributed by atoms with Gasteiger partial charge in [0, 0.05) is 6.26 Å². The van der Waals surface area contributed by atoms with Crippen LogP contribution >= 0.6 is 11.8 Å². The van der Waals surface area contributed by atoms with Crippen LogP contribution in [0.2, 0.25) is 0 Å². The fraction of sp³-hybridized carbons (Fsp3) is 0.150. The number of hydrogen-bond acceptors (Lipinski definition) is 7. The standard InChI is InChI=1S/C20H16N2O6S2/c1-30(26,27)14-4-2-3-13(7-14)10-22-15-8-12(5-6-16(15)28-11-18(22)23)9-17-19(24)21-20(25)29-17/h2-9H,10-11H2,1H3,(H,21,24,25)/b17-9-. The van der Waals surface area contributed by atoms with Crippen LogP contribution in [-0.4, -0.2) is 38.3 Å². The molecule has 0 spiro atoms. The average Bonchev–Trinajstić information content (AvgIpc) is 3.00. The van der Waals surface area contributed by atoms with Crippen LogP contribution in [-0.2, 0) is 26.0 Å². The molecule has 0 aromatic heterocycles. The third-order valence-electron chi connectivity index (χ3n) is 4.53. The zero-order chi connectivity index (χ0) is 21.5. The van der Waals surface area contributed by atoms with Crippen molar-refractivity contribution >= 4 is 50.4 Å². The first-order chi connectivity index (χ1) is 14.2. The van der Waals surface area contributed by atoms with Gasteiger partial charge < -0.3 is 9.64 Å². The van der Waals surface area contributed by atoms with E-state index < -0.39 is 21.0 Å². The molecule has 30 heavy (non-hydrogen) atoms. The van der Waals surface area contributed by atoms with Gasteiger partial charge in [0.2, 0.25) is 0 Å². The second-order valence-electron chi connectivity index (χ2n) is 6.77. The maximum absolute atomic E-state index is 12.5. The molecule has 8 nitrogen and oxygen atoms in total. The van der Waals surface area contributed by atoms with E-state index in [2.05, 4.69) is 5.32 Å². The van der Waals surface area contributed by atoms with E-state index in [0.29, 0.717) is 22.6 Å². The summed E-state index contributed by atoms with van der Waals surface area (Å²) >= 11 is 0.807. The number of amides is 3. The Morgan fingerprint density at radius 2 is 1.97 bits per heavy atom. The van der Waals surface area contributed by atoms with Crippen molar-refractivity contribution in [1.82, 2.24) is 5.32 Å². The first-order valence-corrected chi connectivity index (χ1v) is 11.5. The summed E-state index contributed by atoms with van der Waals surface area (Å²) in [7, 11) is -3.37. The van der Waals surface area contributed by atoms with E-state index in [-0.39, 0.29) is 28.9 Å². The first-order valence-electron chi connectivity index (χ1n) is 8.82. The number of sulfone groups is 1. The van der Waals surface area contributed by atoms with Crippen molar-refractivity contribution in [3.05, 3.63) is 58.5 Å². The second kappa shape index (κ2) is 7.62. The normalized spacial score (nSPS) is 17.7. The van der Waals surface area contributed by atoms with Gasteiger partial charge in [-0.25, -0.2) is 8.42 Å². The highest BCUT2D eigenvalue weighted by molar-refractivity contribution is 8.18. The summed E-state index contributed by atoms with van der Waals surface area (Å²) in [5.74, 6) is -0.250. The van der Waals surface area contributed by atoms with Gasteiger partial charge in [-0.15, -0.1) is 0 Å². The topological polar surface area (TPSA) is 110 Å². The van der Waals surface area contributed by atoms with Crippen molar-refractivity contribution in [3.8, 4) is 5.75 Å². The number of hydrogen-bond donors (Lipinski definition) is 1. The van der Waals surface area contributed by atoms with E-state index in [1.807, 2.05) is 0 Å². The largest absolute Gasteiger partial charge is 0.482 e. The highest BCUT2D eigenvalue weighted by Crippen LogP contribution is 2.35. The van der Waals surface area contributed by atoms with Gasteiger partial charge in [-0.1, -0.05) is 18.2 Å². The maximum Gasteiger partial charge on any atom is 0.290 e. The Bertz CT molecular complexity index is 1220. The summed E-state index contributed by atoms with van der Waals surface area (Å²) in [6.07, 6.45) is 2.69. The molecule has 4 rings (SSSR count). The third-order valence-corrected chi connectivity index (χ3v) is 6.45. The summed E-state index contributed by atoms with van der Waals surface area (Å²) in [6, 6.07) is 11.5. The molecule has 0 radical (unpaired) electrons. The van der Waals surface area contributed by atoms with Gasteiger partial charge in [0.25, 0.3) is 17.1 Å². The number of ether oxygens (including phenoxy) is 1. The highest BCUT2D eigenvalue weighted by Gasteiger charge is 2.28. The fourth-order valence-electron chi connectivity index (χ4n) is 3.11. The van der Waals surface area contributed by atoms with Crippen LogP contribution in [0.1, 0.15) is 11.1 Å². The summed E-state index contributed by atoms with van der Waals surface area (Å²) in [5, 5.41) is 1.76. The smallest absolute Gasteiger partial charge is 0.290 e. The van der Waals surface area contributed by atoms with Crippen LogP contribution in [0.15, 0.2) is 52.3 Å². The second-order valence-corrected chi connectivity index (χ2v) is 9.80. The lowest BCUT2D eigenvalue weighted by Crippen LogP contribution is -2.38. The van der Waals surface area contributed by atoms with Crippen molar-refractivity contribution < 1.29 is 27.5 Å². The number of fused-ring (bicyclic) bond motifs is 1. The van der Waals surface area contributed by atoms with Crippen LogP contribution < -0.4 is 15.0 Å². The van der Waals surface area contributed by atoms with Crippen molar-refractivity contribution in [1.29, 1.82) is 0 Å². The lowest BCUT2D eigenvalue weighted by Gasteiger charge is -2.30. The average molecular weight is 444 g/mol. The maximum atomic E-state index is 12.5. The minimum Gasteiger partial charge on any atom is -0.482 e. The molecule has 2 heterocycles. The van der Waals surface area contributed by atoms with Crippen LogP contribution in [0.3, 0.4) is 0 Å². The molecular weight excluding hydrogens is 428 g/mol. The van der Waals surface area contributed by atoms with Crippen LogP contribution in [0.4, 0.5) is 10.5 Å². The molecule has 0 bridgehead atoms. The van der Waals surface area contributed by atoms with Gasteiger partial charge in [0.15, 0.2) is 16.4 Å². The number of nitrogens with zero attached hydrogens (tertiary/aromatic N) is 1. The number of nitrogens with one attached hydrogen (secondary N) is 1. The Morgan fingerprint density at radius 3 is 2.67 bits per heavy atom. The summed E-state index contributed by atoms with van der Waals surface area (Å²) < 4.78 is 29.2. The van der Waals surface area contributed by atoms with Gasteiger partial charge in [-0.05, 0) is 53.2 Å². The van der Waals surface area contributed by atoms with Crippen LogP contribution in [0.5, 0.6) is 5.75 Å². The molecular formula is C20H16N2O6S2. The Labute approximate surface area is 176 Å². The summed E-state index contributed by atoms with van der Waals surface area (Å²) in [6.45, 7) is 0.0261. The van der Waals surface area contributed by atoms with Crippen LogP contribution in [0.25, 0.3) is 6.08 Å². The van der Waals surface area contributed by atoms with E-state index in [1.54, 1.807) is 36.4 Å². The molecule has 1 fully saturated rings. The molecule has 0 aliphatic carbocycles. The predicted octanol–water partition coefficient (Wildman–Crippen LogP) is 2.34. The van der Waals surface area contributed by atoms with E-state index in [9.17, 15) is 22.8 Å². The first kappa shape index (κ1) is 20.2. The lowest BCUT2D eigenvalue weighted by molar-refractivity contribution is -0.121. The third kappa shape index (κ3) is 4.10. The minimum atomic E-state index is -3.37. The number of carbonyl (C=O) groups is 3. The Morgan fingerprint density at radius 1 is 1.17 bits per heavy atom. The van der Waals surface area contributed by atoms with Gasteiger partial charge in [0.1, 0.15) is 5.75 Å². The SMILES string of the molecule is CS(=O)(=O)c1cccc(CN2C(=O)COc3ccc(/C=C4\SC(=O)NC4=O)cc32)c1. The zero-order valence-electron chi connectivity index (χ0n) is 15.7. The summed E-state index contributed by atoms with van der Waals surface area (Å²) in [5.41, 5.74) is 1.77. The number of thioether (sulfide) groups is 1. The number of carbonyl (C=O) groups excluding carboxylic acids is 3. The number of rotatable bonds is 4. The predicted molar refractivity (Wildman–Crippen MR) is 112 cm³/mol. The molecule has 0 saturated carbocycles. The Hall–Kier alpha value is -3.11. The van der Waals surface area contributed by atoms with Crippen LogP contribution in [0, 0.1) is 0 Å². The van der Waals surface area contributed by atoms with Gasteiger partial charge in [0.05, 0.1) is 22.0 Å². The van der Waals surface area contributed by atoms with Gasteiger partial charge in [-0.3, -0.25) is 19.7 Å². The molecule has 3 amide bonds. The quantitative estimate of drug-likeness (QED) is 0.721. The van der Waals surface area contributed by atoms with Crippen molar-refractivity contribution in [2.75, 3.05) is 17.8 Å². The minimum absolute atomic E-state index is 0.133. The van der Waals surface area contributed by atoms with E-state index >= 15 is 0 Å². The molecule has 10 heteroatoms. The molecule has 2 aromatic rings. The summed E-state index contributed by atoms with van der Waals surface area (Å²) in [4.78, 5) is 37.6. The monoisotopic (exact) mass is 444 g/mol. The molecule has 1 saturated heterocycles.